The summed E-state index contributed by atoms with van der Waals surface area (Å²) in [7, 11) is 1.98. The van der Waals surface area contributed by atoms with E-state index in [1.54, 1.807) is 6.07 Å². The van der Waals surface area contributed by atoms with Crippen LogP contribution in [0.1, 0.15) is 44.9 Å². The number of benzene rings is 1. The Balaban J connectivity index is 1.99. The molecule has 1 aliphatic rings. The second kappa shape index (κ2) is 4.88. The van der Waals surface area contributed by atoms with Gasteiger partial charge in [-0.1, -0.05) is 20.3 Å². The Labute approximate surface area is 119 Å². The van der Waals surface area contributed by atoms with Crippen LogP contribution in [0.2, 0.25) is 0 Å². The molecule has 0 saturated heterocycles. The van der Waals surface area contributed by atoms with E-state index in [0.29, 0.717) is 11.3 Å². The summed E-state index contributed by atoms with van der Waals surface area (Å²) in [6.45, 7) is 4.66. The number of rotatable bonds is 3. The summed E-state index contributed by atoms with van der Waals surface area (Å²) in [5.41, 5.74) is 1.08. The zero-order valence-electron chi connectivity index (χ0n) is 12.4. The van der Waals surface area contributed by atoms with Gasteiger partial charge in [-0.25, -0.2) is 4.39 Å². The summed E-state index contributed by atoms with van der Waals surface area (Å²) in [6.07, 6.45) is 3.74. The van der Waals surface area contributed by atoms with E-state index < -0.39 is 0 Å². The lowest BCUT2D eigenvalue weighted by Crippen LogP contribution is -2.31. The SMILES string of the molecule is CNC(c1cc2cc(F)ccc2o1)C1CCCC1(C)C. The van der Waals surface area contributed by atoms with Crippen molar-refractivity contribution in [3.05, 3.63) is 35.8 Å². The van der Waals surface area contributed by atoms with Crippen molar-refractivity contribution in [2.75, 3.05) is 7.05 Å². The first-order valence-electron chi connectivity index (χ1n) is 7.37. The van der Waals surface area contributed by atoms with E-state index in [4.69, 9.17) is 4.42 Å². The summed E-state index contributed by atoms with van der Waals surface area (Å²) >= 11 is 0. The maximum absolute atomic E-state index is 13.3. The molecule has 1 N–H and O–H groups in total. The van der Waals surface area contributed by atoms with Gasteiger partial charge in [0.1, 0.15) is 17.2 Å². The van der Waals surface area contributed by atoms with E-state index in [9.17, 15) is 4.39 Å². The minimum absolute atomic E-state index is 0.197. The van der Waals surface area contributed by atoms with Crippen molar-refractivity contribution in [3.8, 4) is 0 Å². The first-order chi connectivity index (χ1) is 9.51. The van der Waals surface area contributed by atoms with Gasteiger partial charge in [0.25, 0.3) is 0 Å². The van der Waals surface area contributed by atoms with Crippen LogP contribution in [0.4, 0.5) is 4.39 Å². The van der Waals surface area contributed by atoms with Crippen LogP contribution >= 0.6 is 0 Å². The van der Waals surface area contributed by atoms with Crippen LogP contribution in [0.5, 0.6) is 0 Å². The number of halogens is 1. The van der Waals surface area contributed by atoms with Crippen LogP contribution in [0.25, 0.3) is 11.0 Å². The van der Waals surface area contributed by atoms with Crippen molar-refractivity contribution < 1.29 is 8.81 Å². The minimum Gasteiger partial charge on any atom is -0.459 e. The number of hydrogen-bond acceptors (Lipinski definition) is 2. The highest BCUT2D eigenvalue weighted by molar-refractivity contribution is 5.78. The lowest BCUT2D eigenvalue weighted by molar-refractivity contribution is 0.188. The molecular weight excluding hydrogens is 253 g/mol. The highest BCUT2D eigenvalue weighted by atomic mass is 19.1. The third kappa shape index (κ3) is 2.24. The van der Waals surface area contributed by atoms with E-state index in [1.807, 2.05) is 13.1 Å². The molecule has 0 amide bonds. The van der Waals surface area contributed by atoms with Crippen molar-refractivity contribution in [3.63, 3.8) is 0 Å². The van der Waals surface area contributed by atoms with Crippen molar-refractivity contribution in [2.45, 2.75) is 39.2 Å². The molecule has 3 rings (SSSR count). The van der Waals surface area contributed by atoms with Crippen molar-refractivity contribution in [1.82, 2.24) is 5.32 Å². The molecule has 1 saturated carbocycles. The molecule has 1 fully saturated rings. The van der Waals surface area contributed by atoms with Gasteiger partial charge < -0.3 is 9.73 Å². The van der Waals surface area contributed by atoms with Gasteiger partial charge in [-0.3, -0.25) is 0 Å². The Hall–Kier alpha value is -1.35. The first kappa shape index (κ1) is 13.6. The third-order valence-corrected chi connectivity index (χ3v) is 4.86. The fraction of sp³-hybridized carbons (Fsp3) is 0.529. The fourth-order valence-corrected chi connectivity index (χ4v) is 3.70. The Bertz CT molecular complexity index is 616. The van der Waals surface area contributed by atoms with Gasteiger partial charge >= 0.3 is 0 Å². The molecule has 1 aromatic carbocycles. The van der Waals surface area contributed by atoms with Crippen molar-refractivity contribution in [1.29, 1.82) is 0 Å². The molecule has 108 valence electrons. The molecule has 20 heavy (non-hydrogen) atoms. The maximum Gasteiger partial charge on any atom is 0.134 e. The molecule has 0 bridgehead atoms. The maximum atomic E-state index is 13.3. The van der Waals surface area contributed by atoms with Crippen LogP contribution in [0.3, 0.4) is 0 Å². The van der Waals surface area contributed by atoms with Crippen LogP contribution in [-0.2, 0) is 0 Å². The molecule has 2 aromatic rings. The molecule has 0 spiro atoms. The summed E-state index contributed by atoms with van der Waals surface area (Å²) in [4.78, 5) is 0. The van der Waals surface area contributed by atoms with Gasteiger partial charge in [-0.05, 0) is 55.5 Å². The molecule has 1 heterocycles. The Morgan fingerprint density at radius 2 is 2.15 bits per heavy atom. The second-order valence-electron chi connectivity index (χ2n) is 6.58. The van der Waals surface area contributed by atoms with Crippen LogP contribution < -0.4 is 5.32 Å². The number of furan rings is 1. The molecule has 2 nitrogen and oxygen atoms in total. The van der Waals surface area contributed by atoms with Gasteiger partial charge in [0.15, 0.2) is 0 Å². The zero-order valence-corrected chi connectivity index (χ0v) is 12.4. The normalized spacial score (nSPS) is 23.3. The van der Waals surface area contributed by atoms with E-state index in [0.717, 1.165) is 16.7 Å². The number of fused-ring (bicyclic) bond motifs is 1. The molecule has 1 aromatic heterocycles. The van der Waals surface area contributed by atoms with Gasteiger partial charge in [-0.2, -0.15) is 0 Å². The highest BCUT2D eigenvalue weighted by Gasteiger charge is 2.40. The largest absolute Gasteiger partial charge is 0.459 e. The molecule has 0 aliphatic heterocycles. The summed E-state index contributed by atoms with van der Waals surface area (Å²) < 4.78 is 19.2. The monoisotopic (exact) mass is 275 g/mol. The Kier molecular flexibility index (Phi) is 3.33. The van der Waals surface area contributed by atoms with E-state index in [-0.39, 0.29) is 11.9 Å². The average Bonchev–Trinajstić information content (AvgIpc) is 2.94. The van der Waals surface area contributed by atoms with E-state index in [1.165, 1.54) is 31.4 Å². The van der Waals surface area contributed by atoms with Crippen LogP contribution in [0, 0.1) is 17.2 Å². The predicted octanol–water partition coefficient (Wildman–Crippen LogP) is 4.66. The molecule has 1 aliphatic carbocycles. The highest BCUT2D eigenvalue weighted by Crippen LogP contribution is 2.49. The zero-order chi connectivity index (χ0) is 14.3. The lowest BCUT2D eigenvalue weighted by Gasteiger charge is -2.32. The fourth-order valence-electron chi connectivity index (χ4n) is 3.70. The molecule has 2 atom stereocenters. The molecule has 2 unspecified atom stereocenters. The Morgan fingerprint density at radius 3 is 2.80 bits per heavy atom. The molecule has 3 heteroatoms. The summed E-state index contributed by atoms with van der Waals surface area (Å²) in [6, 6.07) is 6.87. The number of hydrogen-bond donors (Lipinski definition) is 1. The molecule has 0 radical (unpaired) electrons. The standard InChI is InChI=1S/C17H22FNO/c1-17(2)8-4-5-13(17)16(19-3)15-10-11-9-12(18)6-7-14(11)20-15/h6-7,9-10,13,16,19H,4-5,8H2,1-3H3. The van der Waals surface area contributed by atoms with E-state index >= 15 is 0 Å². The third-order valence-electron chi connectivity index (χ3n) is 4.86. The van der Waals surface area contributed by atoms with Crippen molar-refractivity contribution >= 4 is 11.0 Å². The lowest BCUT2D eigenvalue weighted by atomic mass is 9.77. The molecular formula is C17H22FNO. The summed E-state index contributed by atoms with van der Waals surface area (Å²) in [5.74, 6) is 1.26. The van der Waals surface area contributed by atoms with Crippen LogP contribution in [-0.4, -0.2) is 7.05 Å². The van der Waals surface area contributed by atoms with Crippen molar-refractivity contribution in [2.24, 2.45) is 11.3 Å². The van der Waals surface area contributed by atoms with E-state index in [2.05, 4.69) is 19.2 Å². The van der Waals surface area contributed by atoms with Crippen LogP contribution in [0.15, 0.2) is 28.7 Å². The van der Waals surface area contributed by atoms with Gasteiger partial charge in [0, 0.05) is 5.39 Å². The summed E-state index contributed by atoms with van der Waals surface area (Å²) in [5, 5.41) is 4.25. The quantitative estimate of drug-likeness (QED) is 0.881. The number of nitrogens with one attached hydrogen (secondary N) is 1. The predicted molar refractivity (Wildman–Crippen MR) is 79.1 cm³/mol. The minimum atomic E-state index is -0.216. The smallest absolute Gasteiger partial charge is 0.134 e. The topological polar surface area (TPSA) is 25.2 Å². The second-order valence-corrected chi connectivity index (χ2v) is 6.58. The first-order valence-corrected chi connectivity index (χ1v) is 7.37. The Morgan fingerprint density at radius 1 is 1.35 bits per heavy atom. The average molecular weight is 275 g/mol. The van der Waals surface area contributed by atoms with Gasteiger partial charge in [0.05, 0.1) is 6.04 Å². The van der Waals surface area contributed by atoms with Gasteiger partial charge in [0.2, 0.25) is 0 Å². The van der Waals surface area contributed by atoms with Gasteiger partial charge in [-0.15, -0.1) is 0 Å².